The van der Waals surface area contributed by atoms with Crippen molar-refractivity contribution in [2.45, 2.75) is 6.92 Å². The first-order valence-electron chi connectivity index (χ1n) is 6.74. The number of hydrogen-bond donors (Lipinski definition) is 0. The third-order valence-corrected chi connectivity index (χ3v) is 3.43. The van der Waals surface area contributed by atoms with Crippen molar-refractivity contribution >= 4 is 16.7 Å². The molecule has 0 saturated carbocycles. The first kappa shape index (κ1) is 13.3. The van der Waals surface area contributed by atoms with Crippen LogP contribution in [0, 0.1) is 6.92 Å². The summed E-state index contributed by atoms with van der Waals surface area (Å²) in [4.78, 5) is 16.3. The van der Waals surface area contributed by atoms with Gasteiger partial charge in [-0.2, -0.15) is 0 Å². The third-order valence-electron chi connectivity index (χ3n) is 3.43. The smallest absolute Gasteiger partial charge is 0.356 e. The van der Waals surface area contributed by atoms with Crippen molar-refractivity contribution in [3.05, 3.63) is 65.9 Å². The van der Waals surface area contributed by atoms with Crippen molar-refractivity contribution in [3.8, 4) is 11.3 Å². The van der Waals surface area contributed by atoms with Gasteiger partial charge in [-0.15, -0.1) is 0 Å². The molecule has 1 aromatic heterocycles. The number of rotatable bonds is 2. The number of aryl methyl sites for hydroxylation is 1. The van der Waals surface area contributed by atoms with Crippen LogP contribution >= 0.6 is 0 Å². The van der Waals surface area contributed by atoms with E-state index in [9.17, 15) is 4.79 Å². The largest absolute Gasteiger partial charge is 0.464 e. The van der Waals surface area contributed by atoms with Crippen LogP contribution in [0.25, 0.3) is 22.0 Å². The molecule has 3 heteroatoms. The van der Waals surface area contributed by atoms with E-state index in [0.717, 1.165) is 27.6 Å². The summed E-state index contributed by atoms with van der Waals surface area (Å²) in [5, 5.41) is 2.02. The highest BCUT2D eigenvalue weighted by Gasteiger charge is 2.13. The minimum Gasteiger partial charge on any atom is -0.464 e. The van der Waals surface area contributed by atoms with Gasteiger partial charge in [-0.25, -0.2) is 9.78 Å². The summed E-state index contributed by atoms with van der Waals surface area (Å²) in [5.74, 6) is -0.422. The highest BCUT2D eigenvalue weighted by atomic mass is 16.5. The van der Waals surface area contributed by atoms with E-state index in [1.807, 2.05) is 49.4 Å². The van der Waals surface area contributed by atoms with Crippen LogP contribution in [-0.2, 0) is 4.74 Å². The molecule has 3 aromatic rings. The molecular weight excluding hydrogens is 262 g/mol. The van der Waals surface area contributed by atoms with Gasteiger partial charge >= 0.3 is 5.97 Å². The molecule has 0 spiro atoms. The van der Waals surface area contributed by atoms with E-state index in [2.05, 4.69) is 11.1 Å². The second-order valence-corrected chi connectivity index (χ2v) is 4.94. The summed E-state index contributed by atoms with van der Waals surface area (Å²) in [6.07, 6.45) is 0. The molecule has 0 atom stereocenters. The molecule has 0 fully saturated rings. The molecule has 0 bridgehead atoms. The Labute approximate surface area is 123 Å². The summed E-state index contributed by atoms with van der Waals surface area (Å²) < 4.78 is 4.80. The number of fused-ring (bicyclic) bond motifs is 1. The van der Waals surface area contributed by atoms with Gasteiger partial charge in [0.1, 0.15) is 5.69 Å². The molecule has 104 valence electrons. The minimum absolute atomic E-state index is 0.327. The van der Waals surface area contributed by atoms with Gasteiger partial charge < -0.3 is 4.74 Å². The average Bonchev–Trinajstić information content (AvgIpc) is 2.54. The highest BCUT2D eigenvalue weighted by Crippen LogP contribution is 2.28. The van der Waals surface area contributed by atoms with E-state index in [1.54, 1.807) is 6.07 Å². The lowest BCUT2D eigenvalue weighted by atomic mass is 10.0. The van der Waals surface area contributed by atoms with E-state index in [-0.39, 0.29) is 0 Å². The summed E-state index contributed by atoms with van der Waals surface area (Å²) in [7, 11) is 1.37. The van der Waals surface area contributed by atoms with Crippen molar-refractivity contribution in [2.75, 3.05) is 7.11 Å². The van der Waals surface area contributed by atoms with Crippen molar-refractivity contribution in [2.24, 2.45) is 0 Å². The zero-order valence-electron chi connectivity index (χ0n) is 12.0. The van der Waals surface area contributed by atoms with Gasteiger partial charge in [-0.3, -0.25) is 0 Å². The van der Waals surface area contributed by atoms with Crippen LogP contribution in [0.5, 0.6) is 0 Å². The lowest BCUT2D eigenvalue weighted by Gasteiger charge is -2.09. The molecule has 0 aliphatic carbocycles. The number of carbonyl (C=O) groups excluding carboxylic acids is 1. The number of nitrogens with zero attached hydrogens (tertiary/aromatic N) is 1. The highest BCUT2D eigenvalue weighted by molar-refractivity contribution is 6.00. The Morgan fingerprint density at radius 1 is 1.05 bits per heavy atom. The Morgan fingerprint density at radius 2 is 1.81 bits per heavy atom. The fourth-order valence-corrected chi connectivity index (χ4v) is 2.39. The molecule has 0 N–H and O–H groups in total. The summed E-state index contributed by atoms with van der Waals surface area (Å²) in [5.41, 5.74) is 3.27. The van der Waals surface area contributed by atoms with Crippen LogP contribution in [0.15, 0.2) is 54.6 Å². The normalized spacial score (nSPS) is 10.6. The van der Waals surface area contributed by atoms with Gasteiger partial charge in [-0.1, -0.05) is 48.0 Å². The summed E-state index contributed by atoms with van der Waals surface area (Å²) in [6.45, 7) is 2.04. The number of ether oxygens (including phenoxy) is 1. The van der Waals surface area contributed by atoms with Crippen LogP contribution in [0.3, 0.4) is 0 Å². The van der Waals surface area contributed by atoms with Crippen LogP contribution in [0.4, 0.5) is 0 Å². The molecule has 3 nitrogen and oxygen atoms in total. The Bertz CT molecular complexity index is 810. The number of methoxy groups -OCH3 is 1. The fraction of sp³-hybridized carbons (Fsp3) is 0.111. The molecule has 0 radical (unpaired) electrons. The van der Waals surface area contributed by atoms with Crippen molar-refractivity contribution in [1.29, 1.82) is 0 Å². The second kappa shape index (κ2) is 5.37. The number of carbonyl (C=O) groups is 1. The second-order valence-electron chi connectivity index (χ2n) is 4.94. The molecular formula is C18H15NO2. The molecule has 1 heterocycles. The van der Waals surface area contributed by atoms with Gasteiger partial charge in [-0.05, 0) is 24.4 Å². The number of hydrogen-bond acceptors (Lipinski definition) is 3. The number of aromatic nitrogens is 1. The van der Waals surface area contributed by atoms with Crippen LogP contribution in [0.1, 0.15) is 16.1 Å². The van der Waals surface area contributed by atoms with Crippen LogP contribution in [0.2, 0.25) is 0 Å². The Morgan fingerprint density at radius 3 is 2.52 bits per heavy atom. The summed E-state index contributed by atoms with van der Waals surface area (Å²) in [6, 6.07) is 17.8. The number of pyridine rings is 1. The topological polar surface area (TPSA) is 39.2 Å². The first-order chi connectivity index (χ1) is 10.2. The SMILES string of the molecule is COC(=O)c1cc2ccc(C)cc2c(-c2ccccc2)n1. The maximum atomic E-state index is 11.8. The zero-order valence-corrected chi connectivity index (χ0v) is 12.0. The van der Waals surface area contributed by atoms with Crippen molar-refractivity contribution in [3.63, 3.8) is 0 Å². The minimum atomic E-state index is -0.422. The van der Waals surface area contributed by atoms with Crippen molar-refractivity contribution < 1.29 is 9.53 Å². The maximum Gasteiger partial charge on any atom is 0.356 e. The molecule has 0 saturated heterocycles. The standard InChI is InChI=1S/C18H15NO2/c1-12-8-9-14-11-16(18(20)21-2)19-17(15(14)10-12)13-6-4-3-5-7-13/h3-11H,1-2H3. The first-order valence-corrected chi connectivity index (χ1v) is 6.74. The quantitative estimate of drug-likeness (QED) is 0.665. The number of benzene rings is 2. The molecule has 0 unspecified atom stereocenters. The molecule has 21 heavy (non-hydrogen) atoms. The fourth-order valence-electron chi connectivity index (χ4n) is 2.39. The molecule has 2 aromatic carbocycles. The van der Waals surface area contributed by atoms with Gasteiger partial charge in [0.05, 0.1) is 12.8 Å². The Balaban J connectivity index is 2.33. The lowest BCUT2D eigenvalue weighted by molar-refractivity contribution is 0.0594. The Kier molecular flexibility index (Phi) is 3.40. The van der Waals surface area contributed by atoms with E-state index in [0.29, 0.717) is 5.69 Å². The summed E-state index contributed by atoms with van der Waals surface area (Å²) >= 11 is 0. The predicted octanol–water partition coefficient (Wildman–Crippen LogP) is 4.00. The molecule has 3 rings (SSSR count). The maximum absolute atomic E-state index is 11.8. The molecule has 0 aliphatic rings. The van der Waals surface area contributed by atoms with Gasteiger partial charge in [0, 0.05) is 10.9 Å². The average molecular weight is 277 g/mol. The Hall–Kier alpha value is -2.68. The van der Waals surface area contributed by atoms with E-state index >= 15 is 0 Å². The van der Waals surface area contributed by atoms with Crippen LogP contribution in [-0.4, -0.2) is 18.1 Å². The number of esters is 1. The van der Waals surface area contributed by atoms with E-state index in [1.165, 1.54) is 7.11 Å². The van der Waals surface area contributed by atoms with Crippen molar-refractivity contribution in [1.82, 2.24) is 4.98 Å². The molecule has 0 aliphatic heterocycles. The van der Waals surface area contributed by atoms with E-state index in [4.69, 9.17) is 4.74 Å². The van der Waals surface area contributed by atoms with Gasteiger partial charge in [0.25, 0.3) is 0 Å². The van der Waals surface area contributed by atoms with E-state index < -0.39 is 5.97 Å². The monoisotopic (exact) mass is 277 g/mol. The predicted molar refractivity (Wildman–Crippen MR) is 83.3 cm³/mol. The zero-order chi connectivity index (χ0) is 14.8. The molecule has 0 amide bonds. The van der Waals surface area contributed by atoms with Gasteiger partial charge in [0.2, 0.25) is 0 Å². The van der Waals surface area contributed by atoms with Gasteiger partial charge in [0.15, 0.2) is 0 Å². The third kappa shape index (κ3) is 2.50. The lowest BCUT2D eigenvalue weighted by Crippen LogP contribution is -2.05. The van der Waals surface area contributed by atoms with Crippen LogP contribution < -0.4 is 0 Å².